The number of anilines is 2. The molecule has 1 aromatic rings. The number of rotatable bonds is 6. The molecule has 18 heavy (non-hydrogen) atoms. The Balaban J connectivity index is 3.10. The monoisotopic (exact) mass is 250 g/mol. The first-order valence-electron chi connectivity index (χ1n) is 6.44. The van der Waals surface area contributed by atoms with Gasteiger partial charge in [-0.15, -0.1) is 0 Å². The Morgan fingerprint density at radius 3 is 2.33 bits per heavy atom. The van der Waals surface area contributed by atoms with Gasteiger partial charge in [0.25, 0.3) is 0 Å². The lowest BCUT2D eigenvalue weighted by molar-refractivity contribution is 0.0697. The molecule has 0 aliphatic rings. The fourth-order valence-electron chi connectivity index (χ4n) is 2.30. The molecule has 1 rings (SSSR count). The predicted molar refractivity (Wildman–Crippen MR) is 75.2 cm³/mol. The summed E-state index contributed by atoms with van der Waals surface area (Å²) in [5.41, 5.74) is 7.67. The summed E-state index contributed by atoms with van der Waals surface area (Å²) >= 11 is 0. The van der Waals surface area contributed by atoms with Crippen molar-refractivity contribution >= 4 is 17.3 Å². The average molecular weight is 250 g/mol. The van der Waals surface area contributed by atoms with E-state index in [0.29, 0.717) is 11.7 Å². The van der Waals surface area contributed by atoms with Crippen LogP contribution in [-0.2, 0) is 0 Å². The molecule has 0 amide bonds. The van der Waals surface area contributed by atoms with Gasteiger partial charge in [-0.2, -0.15) is 0 Å². The second-order valence-corrected chi connectivity index (χ2v) is 4.34. The molecular weight excluding hydrogens is 228 g/mol. The van der Waals surface area contributed by atoms with Crippen LogP contribution in [0.5, 0.6) is 0 Å². The number of nitrogens with zero attached hydrogens (tertiary/aromatic N) is 1. The van der Waals surface area contributed by atoms with Gasteiger partial charge in [-0.1, -0.05) is 13.8 Å². The molecule has 0 aromatic heterocycles. The molecule has 0 bridgehead atoms. The van der Waals surface area contributed by atoms with Gasteiger partial charge in [-0.3, -0.25) is 0 Å². The minimum atomic E-state index is -0.946. The van der Waals surface area contributed by atoms with Gasteiger partial charge in [0.1, 0.15) is 0 Å². The average Bonchev–Trinajstić information content (AvgIpc) is 2.36. The van der Waals surface area contributed by atoms with Crippen molar-refractivity contribution in [2.45, 2.75) is 39.7 Å². The quantitative estimate of drug-likeness (QED) is 0.762. The topological polar surface area (TPSA) is 66.6 Å². The summed E-state index contributed by atoms with van der Waals surface area (Å²) in [6.07, 6.45) is 2.09. The van der Waals surface area contributed by atoms with E-state index in [9.17, 15) is 4.79 Å². The molecule has 0 aliphatic carbocycles. The number of nitrogen functional groups attached to an aromatic ring is 1. The molecule has 0 spiro atoms. The summed E-state index contributed by atoms with van der Waals surface area (Å²) in [5, 5.41) is 8.93. The smallest absolute Gasteiger partial charge is 0.335 e. The molecule has 0 fully saturated rings. The second kappa shape index (κ2) is 6.28. The number of nitrogens with two attached hydrogens (primary N) is 1. The Bertz CT molecular complexity index is 414. The van der Waals surface area contributed by atoms with Crippen molar-refractivity contribution in [1.82, 2.24) is 0 Å². The number of carboxylic acid groups (broad SMARTS) is 1. The zero-order valence-electron chi connectivity index (χ0n) is 11.3. The fourth-order valence-corrected chi connectivity index (χ4v) is 2.30. The first-order valence-corrected chi connectivity index (χ1v) is 6.44. The van der Waals surface area contributed by atoms with Crippen molar-refractivity contribution in [3.8, 4) is 0 Å². The summed E-state index contributed by atoms with van der Waals surface area (Å²) in [6.45, 7) is 7.25. The molecule has 0 unspecified atom stereocenters. The van der Waals surface area contributed by atoms with Crippen LogP contribution in [-0.4, -0.2) is 23.7 Å². The molecule has 0 aliphatic heterocycles. The van der Waals surface area contributed by atoms with Gasteiger partial charge in [0.2, 0.25) is 0 Å². The highest BCUT2D eigenvalue weighted by molar-refractivity contribution is 5.90. The largest absolute Gasteiger partial charge is 0.478 e. The van der Waals surface area contributed by atoms with E-state index in [1.54, 1.807) is 12.1 Å². The molecule has 0 heterocycles. The predicted octanol–water partition coefficient (Wildman–Crippen LogP) is 2.98. The van der Waals surface area contributed by atoms with Crippen LogP contribution in [0.2, 0.25) is 0 Å². The highest BCUT2D eigenvalue weighted by Crippen LogP contribution is 2.27. The lowest BCUT2D eigenvalue weighted by Gasteiger charge is -2.32. The summed E-state index contributed by atoms with van der Waals surface area (Å²) < 4.78 is 0. The molecule has 3 N–H and O–H groups in total. The summed E-state index contributed by atoms with van der Waals surface area (Å²) in [4.78, 5) is 13.1. The van der Waals surface area contributed by atoms with Gasteiger partial charge < -0.3 is 15.7 Å². The number of benzene rings is 1. The van der Waals surface area contributed by atoms with Gasteiger partial charge in [0.15, 0.2) is 0 Å². The number of hydrogen-bond donors (Lipinski definition) is 2. The third kappa shape index (κ3) is 2.94. The molecule has 0 saturated heterocycles. The maximum atomic E-state index is 10.9. The lowest BCUT2D eigenvalue weighted by atomic mass is 10.1. The van der Waals surface area contributed by atoms with Crippen molar-refractivity contribution in [2.24, 2.45) is 0 Å². The number of carboxylic acids is 1. The molecule has 1 aromatic carbocycles. The van der Waals surface area contributed by atoms with Gasteiger partial charge in [0.05, 0.1) is 16.9 Å². The molecule has 0 saturated carbocycles. The maximum Gasteiger partial charge on any atom is 0.335 e. The van der Waals surface area contributed by atoms with E-state index in [1.165, 1.54) is 6.07 Å². The normalized spacial score (nSPS) is 10.7. The van der Waals surface area contributed by atoms with Gasteiger partial charge in [-0.25, -0.2) is 4.79 Å². The molecule has 4 heteroatoms. The molecular formula is C14H22N2O2. The van der Waals surface area contributed by atoms with Gasteiger partial charge >= 0.3 is 5.97 Å². The van der Waals surface area contributed by atoms with E-state index < -0.39 is 5.97 Å². The Kier molecular flexibility index (Phi) is 5.01. The van der Waals surface area contributed by atoms with E-state index in [1.807, 2.05) is 0 Å². The summed E-state index contributed by atoms with van der Waals surface area (Å²) in [7, 11) is 0. The van der Waals surface area contributed by atoms with Crippen molar-refractivity contribution in [3.63, 3.8) is 0 Å². The SMILES string of the molecule is CCC(CC)N(CC)c1ccc(C(=O)O)cc1N. The van der Waals surface area contributed by atoms with Crippen molar-refractivity contribution < 1.29 is 9.90 Å². The van der Waals surface area contributed by atoms with Crippen LogP contribution in [0.4, 0.5) is 11.4 Å². The van der Waals surface area contributed by atoms with Crippen molar-refractivity contribution in [1.29, 1.82) is 0 Å². The molecule has 0 atom stereocenters. The summed E-state index contributed by atoms with van der Waals surface area (Å²) in [5.74, 6) is -0.946. The molecule has 100 valence electrons. The van der Waals surface area contributed by atoms with Crippen molar-refractivity contribution in [2.75, 3.05) is 17.2 Å². The second-order valence-electron chi connectivity index (χ2n) is 4.34. The van der Waals surface area contributed by atoms with Crippen LogP contribution >= 0.6 is 0 Å². The van der Waals surface area contributed by atoms with Crippen LogP contribution in [0.15, 0.2) is 18.2 Å². The van der Waals surface area contributed by atoms with E-state index in [4.69, 9.17) is 10.8 Å². The van der Waals surface area contributed by atoms with E-state index >= 15 is 0 Å². The molecule has 4 nitrogen and oxygen atoms in total. The van der Waals surface area contributed by atoms with E-state index in [0.717, 1.165) is 25.1 Å². The molecule has 0 radical (unpaired) electrons. The van der Waals surface area contributed by atoms with Crippen LogP contribution in [0, 0.1) is 0 Å². The van der Waals surface area contributed by atoms with Gasteiger partial charge in [-0.05, 0) is 38.0 Å². The van der Waals surface area contributed by atoms with Crippen LogP contribution in [0.25, 0.3) is 0 Å². The van der Waals surface area contributed by atoms with Crippen molar-refractivity contribution in [3.05, 3.63) is 23.8 Å². The Hall–Kier alpha value is -1.71. The first kappa shape index (κ1) is 14.4. The van der Waals surface area contributed by atoms with E-state index in [-0.39, 0.29) is 5.56 Å². The summed E-state index contributed by atoms with van der Waals surface area (Å²) in [6, 6.07) is 5.38. The van der Waals surface area contributed by atoms with Crippen LogP contribution in [0.3, 0.4) is 0 Å². The lowest BCUT2D eigenvalue weighted by Crippen LogP contribution is -2.34. The number of hydrogen-bond acceptors (Lipinski definition) is 3. The van der Waals surface area contributed by atoms with Gasteiger partial charge in [0, 0.05) is 12.6 Å². The minimum absolute atomic E-state index is 0.233. The standard InChI is InChI=1S/C14H22N2O2/c1-4-11(5-2)16(6-3)13-8-7-10(14(17)18)9-12(13)15/h7-9,11H,4-6,15H2,1-3H3,(H,17,18). The third-order valence-corrected chi connectivity index (χ3v) is 3.31. The Labute approximate surface area is 108 Å². The fraction of sp³-hybridized carbons (Fsp3) is 0.500. The Morgan fingerprint density at radius 2 is 1.94 bits per heavy atom. The third-order valence-electron chi connectivity index (χ3n) is 3.31. The highest BCUT2D eigenvalue weighted by atomic mass is 16.4. The van der Waals surface area contributed by atoms with E-state index in [2.05, 4.69) is 25.7 Å². The Morgan fingerprint density at radius 1 is 1.33 bits per heavy atom. The number of aromatic carboxylic acids is 1. The maximum absolute atomic E-state index is 10.9. The van der Waals surface area contributed by atoms with Crippen LogP contribution in [0.1, 0.15) is 44.0 Å². The van der Waals surface area contributed by atoms with Crippen LogP contribution < -0.4 is 10.6 Å². The zero-order chi connectivity index (χ0) is 13.7. The minimum Gasteiger partial charge on any atom is -0.478 e. The first-order chi connectivity index (χ1) is 8.54. The number of carbonyl (C=O) groups is 1. The zero-order valence-corrected chi connectivity index (χ0v) is 11.3. The highest BCUT2D eigenvalue weighted by Gasteiger charge is 2.17.